The second-order valence-corrected chi connectivity index (χ2v) is 5.69. The van der Waals surface area contributed by atoms with E-state index in [4.69, 9.17) is 4.74 Å². The third-order valence-corrected chi connectivity index (χ3v) is 3.95. The normalized spacial score (nSPS) is 22.2. The summed E-state index contributed by atoms with van der Waals surface area (Å²) in [5.41, 5.74) is 1.92. The minimum absolute atomic E-state index is 0.100. The van der Waals surface area contributed by atoms with E-state index in [1.807, 2.05) is 43.0 Å². The Morgan fingerprint density at radius 1 is 1.14 bits per heavy atom. The highest BCUT2D eigenvalue weighted by molar-refractivity contribution is 5.94. The minimum atomic E-state index is 0.100. The van der Waals surface area contributed by atoms with Crippen LogP contribution in [0.3, 0.4) is 0 Å². The number of rotatable bonds is 4. The van der Waals surface area contributed by atoms with E-state index in [-0.39, 0.29) is 18.1 Å². The third kappa shape index (κ3) is 3.76. The van der Waals surface area contributed by atoms with Crippen molar-refractivity contribution in [1.29, 1.82) is 0 Å². The van der Waals surface area contributed by atoms with Crippen molar-refractivity contribution in [3.8, 4) is 0 Å². The molecule has 0 saturated carbocycles. The summed E-state index contributed by atoms with van der Waals surface area (Å²) in [6.45, 7) is 11.6. The lowest BCUT2D eigenvalue weighted by Crippen LogP contribution is -2.48. The van der Waals surface area contributed by atoms with Gasteiger partial charge in [0, 0.05) is 37.4 Å². The molecular formula is C17H26N2O2. The SMILES string of the molecule is CCN(CC)c1ccc(C(=O)N2CC(C)OC(C)C2)cc1. The number of hydrogen-bond donors (Lipinski definition) is 0. The molecule has 1 aromatic rings. The van der Waals surface area contributed by atoms with Gasteiger partial charge in [-0.1, -0.05) is 0 Å². The summed E-state index contributed by atoms with van der Waals surface area (Å²) in [5, 5.41) is 0. The van der Waals surface area contributed by atoms with Crippen molar-refractivity contribution < 1.29 is 9.53 Å². The van der Waals surface area contributed by atoms with Gasteiger partial charge in [0.1, 0.15) is 0 Å². The Balaban J connectivity index is 2.09. The first-order chi connectivity index (χ1) is 10.0. The molecule has 1 heterocycles. The summed E-state index contributed by atoms with van der Waals surface area (Å²) in [6, 6.07) is 7.93. The number of benzene rings is 1. The van der Waals surface area contributed by atoms with Gasteiger partial charge in [-0.15, -0.1) is 0 Å². The molecule has 1 amide bonds. The largest absolute Gasteiger partial charge is 0.372 e. The molecule has 1 saturated heterocycles. The summed E-state index contributed by atoms with van der Waals surface area (Å²) < 4.78 is 5.68. The maximum atomic E-state index is 12.6. The molecule has 1 aromatic carbocycles. The fraction of sp³-hybridized carbons (Fsp3) is 0.588. The van der Waals surface area contributed by atoms with E-state index in [0.717, 1.165) is 18.7 Å². The van der Waals surface area contributed by atoms with Crippen LogP contribution in [-0.4, -0.2) is 49.2 Å². The summed E-state index contributed by atoms with van der Waals surface area (Å²) in [7, 11) is 0. The van der Waals surface area contributed by atoms with Crippen LogP contribution in [0.25, 0.3) is 0 Å². The van der Waals surface area contributed by atoms with Gasteiger partial charge in [0.25, 0.3) is 5.91 Å². The quantitative estimate of drug-likeness (QED) is 0.855. The topological polar surface area (TPSA) is 32.8 Å². The molecule has 2 rings (SSSR count). The molecule has 4 nitrogen and oxygen atoms in total. The first-order valence-electron chi connectivity index (χ1n) is 7.84. The Bertz CT molecular complexity index is 458. The second kappa shape index (κ2) is 6.94. The number of nitrogens with zero attached hydrogens (tertiary/aromatic N) is 2. The monoisotopic (exact) mass is 290 g/mol. The first kappa shape index (κ1) is 15.8. The number of anilines is 1. The van der Waals surface area contributed by atoms with Crippen molar-refractivity contribution >= 4 is 11.6 Å². The van der Waals surface area contributed by atoms with Crippen LogP contribution in [0, 0.1) is 0 Å². The maximum absolute atomic E-state index is 12.6. The fourth-order valence-electron chi connectivity index (χ4n) is 2.93. The molecule has 116 valence electrons. The summed E-state index contributed by atoms with van der Waals surface area (Å²) in [4.78, 5) is 16.7. The van der Waals surface area contributed by atoms with E-state index in [9.17, 15) is 4.79 Å². The van der Waals surface area contributed by atoms with E-state index in [0.29, 0.717) is 13.1 Å². The van der Waals surface area contributed by atoms with Gasteiger partial charge in [-0.25, -0.2) is 0 Å². The predicted molar refractivity (Wildman–Crippen MR) is 85.9 cm³/mol. The molecule has 0 radical (unpaired) electrons. The molecule has 1 aliphatic heterocycles. The van der Waals surface area contributed by atoms with Gasteiger partial charge in [0.05, 0.1) is 12.2 Å². The van der Waals surface area contributed by atoms with Crippen molar-refractivity contribution in [3.05, 3.63) is 29.8 Å². The second-order valence-electron chi connectivity index (χ2n) is 5.69. The van der Waals surface area contributed by atoms with E-state index in [2.05, 4.69) is 18.7 Å². The third-order valence-electron chi connectivity index (χ3n) is 3.95. The molecule has 0 spiro atoms. The molecule has 21 heavy (non-hydrogen) atoms. The van der Waals surface area contributed by atoms with Crippen LogP contribution in [0.15, 0.2) is 24.3 Å². The zero-order valence-corrected chi connectivity index (χ0v) is 13.5. The molecule has 1 fully saturated rings. The minimum Gasteiger partial charge on any atom is -0.372 e. The number of carbonyl (C=O) groups excluding carboxylic acids is 1. The standard InChI is InChI=1S/C17H26N2O2/c1-5-18(6-2)16-9-7-15(8-10-16)17(20)19-11-13(3)21-14(4)12-19/h7-10,13-14H,5-6,11-12H2,1-4H3. The van der Waals surface area contributed by atoms with Crippen molar-refractivity contribution in [2.75, 3.05) is 31.1 Å². The van der Waals surface area contributed by atoms with Crippen molar-refractivity contribution in [3.63, 3.8) is 0 Å². The number of ether oxygens (including phenoxy) is 1. The molecular weight excluding hydrogens is 264 g/mol. The zero-order valence-electron chi connectivity index (χ0n) is 13.5. The lowest BCUT2D eigenvalue weighted by atomic mass is 10.1. The highest BCUT2D eigenvalue weighted by Gasteiger charge is 2.26. The zero-order chi connectivity index (χ0) is 15.4. The molecule has 0 aliphatic carbocycles. The van der Waals surface area contributed by atoms with Gasteiger partial charge in [-0.05, 0) is 52.0 Å². The molecule has 4 heteroatoms. The van der Waals surface area contributed by atoms with Crippen LogP contribution in [-0.2, 0) is 4.74 Å². The van der Waals surface area contributed by atoms with E-state index < -0.39 is 0 Å². The van der Waals surface area contributed by atoms with Crippen LogP contribution in [0.1, 0.15) is 38.1 Å². The van der Waals surface area contributed by atoms with E-state index in [1.165, 1.54) is 5.69 Å². The van der Waals surface area contributed by atoms with Crippen LogP contribution in [0.2, 0.25) is 0 Å². The van der Waals surface area contributed by atoms with Crippen molar-refractivity contribution in [2.45, 2.75) is 39.9 Å². The number of amides is 1. The van der Waals surface area contributed by atoms with Gasteiger partial charge in [-0.3, -0.25) is 4.79 Å². The number of hydrogen-bond acceptors (Lipinski definition) is 3. The number of morpholine rings is 1. The number of carbonyl (C=O) groups is 1. The molecule has 2 unspecified atom stereocenters. The van der Waals surface area contributed by atoms with Crippen LogP contribution < -0.4 is 4.90 Å². The van der Waals surface area contributed by atoms with Crippen LogP contribution in [0.5, 0.6) is 0 Å². The smallest absolute Gasteiger partial charge is 0.254 e. The van der Waals surface area contributed by atoms with E-state index in [1.54, 1.807) is 0 Å². The Kier molecular flexibility index (Phi) is 5.23. The van der Waals surface area contributed by atoms with Crippen molar-refractivity contribution in [2.24, 2.45) is 0 Å². The Morgan fingerprint density at radius 2 is 1.67 bits per heavy atom. The molecule has 0 aromatic heterocycles. The lowest BCUT2D eigenvalue weighted by molar-refractivity contribution is -0.0586. The fourth-order valence-corrected chi connectivity index (χ4v) is 2.93. The van der Waals surface area contributed by atoms with Gasteiger partial charge < -0.3 is 14.5 Å². The Labute approximate surface area is 127 Å². The Hall–Kier alpha value is -1.55. The Morgan fingerprint density at radius 3 is 2.14 bits per heavy atom. The first-order valence-corrected chi connectivity index (χ1v) is 7.84. The van der Waals surface area contributed by atoms with E-state index >= 15 is 0 Å². The predicted octanol–water partition coefficient (Wildman–Crippen LogP) is 2.78. The van der Waals surface area contributed by atoms with Crippen LogP contribution >= 0.6 is 0 Å². The van der Waals surface area contributed by atoms with Gasteiger partial charge >= 0.3 is 0 Å². The van der Waals surface area contributed by atoms with Gasteiger partial charge in [-0.2, -0.15) is 0 Å². The summed E-state index contributed by atoms with van der Waals surface area (Å²) in [5.74, 6) is 0.100. The van der Waals surface area contributed by atoms with Crippen molar-refractivity contribution in [1.82, 2.24) is 4.90 Å². The summed E-state index contributed by atoms with van der Waals surface area (Å²) in [6.07, 6.45) is 0.209. The highest BCUT2D eigenvalue weighted by atomic mass is 16.5. The summed E-state index contributed by atoms with van der Waals surface area (Å²) >= 11 is 0. The average Bonchev–Trinajstić information content (AvgIpc) is 2.47. The molecule has 0 N–H and O–H groups in total. The molecule has 2 atom stereocenters. The molecule has 0 bridgehead atoms. The lowest BCUT2D eigenvalue weighted by Gasteiger charge is -2.35. The average molecular weight is 290 g/mol. The molecule has 1 aliphatic rings. The maximum Gasteiger partial charge on any atom is 0.254 e. The van der Waals surface area contributed by atoms with Gasteiger partial charge in [0.15, 0.2) is 0 Å². The van der Waals surface area contributed by atoms with Crippen LogP contribution in [0.4, 0.5) is 5.69 Å². The van der Waals surface area contributed by atoms with Gasteiger partial charge in [0.2, 0.25) is 0 Å². The highest BCUT2D eigenvalue weighted by Crippen LogP contribution is 2.18.